The van der Waals surface area contributed by atoms with Crippen LogP contribution in [0.2, 0.25) is 0 Å². The topological polar surface area (TPSA) is 63.8 Å². The van der Waals surface area contributed by atoms with Gasteiger partial charge in [0.05, 0.1) is 22.4 Å². The molecule has 0 unspecified atom stereocenters. The first-order valence-corrected chi connectivity index (χ1v) is 5.28. The highest BCUT2D eigenvalue weighted by Crippen LogP contribution is 2.17. The number of aromatic nitrogens is 2. The van der Waals surface area contributed by atoms with Crippen molar-refractivity contribution in [3.63, 3.8) is 0 Å². The van der Waals surface area contributed by atoms with Crippen molar-refractivity contribution in [3.05, 3.63) is 29.6 Å². The fourth-order valence-corrected chi connectivity index (χ4v) is 1.57. The summed E-state index contributed by atoms with van der Waals surface area (Å²) in [5.74, 6) is 0. The van der Waals surface area contributed by atoms with E-state index in [1.54, 1.807) is 0 Å². The fraction of sp³-hybridized carbons (Fsp3) is 0.182. The Balaban J connectivity index is 2.53. The van der Waals surface area contributed by atoms with Crippen LogP contribution in [0.5, 0.6) is 0 Å². The van der Waals surface area contributed by atoms with Crippen molar-refractivity contribution >= 4 is 34.1 Å². The molecule has 0 saturated carbocycles. The van der Waals surface area contributed by atoms with Crippen molar-refractivity contribution in [3.8, 4) is 0 Å². The van der Waals surface area contributed by atoms with E-state index in [0.29, 0.717) is 0 Å². The summed E-state index contributed by atoms with van der Waals surface area (Å²) in [5.41, 5.74) is 9.82. The molecule has 2 rings (SSSR count). The summed E-state index contributed by atoms with van der Waals surface area (Å²) in [5, 5.41) is 3.12. The molecule has 1 heterocycles. The van der Waals surface area contributed by atoms with Gasteiger partial charge in [0.25, 0.3) is 0 Å². The van der Waals surface area contributed by atoms with Crippen LogP contribution in [0.25, 0.3) is 11.0 Å². The van der Waals surface area contributed by atoms with Gasteiger partial charge in [0, 0.05) is 5.69 Å². The zero-order valence-corrected chi connectivity index (χ0v) is 9.93. The molecule has 16 heavy (non-hydrogen) atoms. The van der Waals surface area contributed by atoms with E-state index < -0.39 is 0 Å². The quantitative estimate of drug-likeness (QED) is 0.735. The van der Waals surface area contributed by atoms with Crippen molar-refractivity contribution in [2.75, 3.05) is 5.32 Å². The summed E-state index contributed by atoms with van der Waals surface area (Å²) in [7, 11) is 0. The minimum absolute atomic E-state index is 0.246. The first-order valence-electron chi connectivity index (χ1n) is 4.88. The molecule has 0 bridgehead atoms. The zero-order valence-electron chi connectivity index (χ0n) is 9.11. The molecule has 82 valence electrons. The summed E-state index contributed by atoms with van der Waals surface area (Å²) in [6.07, 6.45) is 0. The monoisotopic (exact) mass is 232 g/mol. The number of thiocarbonyl (C=S) groups is 1. The van der Waals surface area contributed by atoms with Crippen molar-refractivity contribution in [1.82, 2.24) is 9.97 Å². The molecule has 0 amide bonds. The molecule has 0 saturated heterocycles. The number of aryl methyl sites for hydroxylation is 2. The Morgan fingerprint density at radius 2 is 1.81 bits per heavy atom. The minimum atomic E-state index is 0.246. The lowest BCUT2D eigenvalue weighted by molar-refractivity contribution is 1.10. The third kappa shape index (κ3) is 2.09. The zero-order chi connectivity index (χ0) is 11.7. The van der Waals surface area contributed by atoms with Crippen LogP contribution in [0.1, 0.15) is 11.4 Å². The number of hydrogen-bond donors (Lipinski definition) is 2. The summed E-state index contributed by atoms with van der Waals surface area (Å²) >= 11 is 4.78. The number of nitrogens with two attached hydrogens (primary N) is 1. The van der Waals surface area contributed by atoms with E-state index in [1.165, 1.54) is 0 Å². The van der Waals surface area contributed by atoms with Crippen LogP contribution >= 0.6 is 12.2 Å². The maximum absolute atomic E-state index is 5.41. The number of anilines is 1. The van der Waals surface area contributed by atoms with Gasteiger partial charge in [-0.2, -0.15) is 0 Å². The Morgan fingerprint density at radius 3 is 2.44 bits per heavy atom. The predicted molar refractivity (Wildman–Crippen MR) is 69.4 cm³/mol. The highest BCUT2D eigenvalue weighted by Gasteiger charge is 2.02. The highest BCUT2D eigenvalue weighted by atomic mass is 32.1. The van der Waals surface area contributed by atoms with Gasteiger partial charge in [-0.05, 0) is 44.3 Å². The van der Waals surface area contributed by atoms with Crippen LogP contribution < -0.4 is 11.1 Å². The van der Waals surface area contributed by atoms with Gasteiger partial charge < -0.3 is 11.1 Å². The molecule has 1 aromatic carbocycles. The fourth-order valence-electron chi connectivity index (χ4n) is 1.45. The third-order valence-corrected chi connectivity index (χ3v) is 2.44. The van der Waals surface area contributed by atoms with E-state index in [2.05, 4.69) is 15.3 Å². The SMILES string of the molecule is Cc1nc2ccc(NC(N)=S)cc2nc1C. The Bertz CT molecular complexity index is 565. The number of rotatable bonds is 1. The van der Waals surface area contributed by atoms with E-state index in [-0.39, 0.29) is 5.11 Å². The van der Waals surface area contributed by atoms with Crippen molar-refractivity contribution in [1.29, 1.82) is 0 Å². The molecule has 0 aliphatic rings. The van der Waals surface area contributed by atoms with Gasteiger partial charge in [-0.25, -0.2) is 9.97 Å². The lowest BCUT2D eigenvalue weighted by Crippen LogP contribution is -2.18. The molecule has 0 atom stereocenters. The van der Waals surface area contributed by atoms with Gasteiger partial charge >= 0.3 is 0 Å². The molecule has 2 aromatic rings. The van der Waals surface area contributed by atoms with Crippen LogP contribution in [0.4, 0.5) is 5.69 Å². The lowest BCUT2D eigenvalue weighted by atomic mass is 10.2. The van der Waals surface area contributed by atoms with Crippen molar-refractivity contribution in [2.24, 2.45) is 5.73 Å². The maximum Gasteiger partial charge on any atom is 0.168 e. The van der Waals surface area contributed by atoms with Gasteiger partial charge in [-0.15, -0.1) is 0 Å². The number of fused-ring (bicyclic) bond motifs is 1. The maximum atomic E-state index is 5.41. The Hall–Kier alpha value is -1.75. The van der Waals surface area contributed by atoms with Crippen LogP contribution in [-0.4, -0.2) is 15.1 Å². The smallest absolute Gasteiger partial charge is 0.168 e. The van der Waals surface area contributed by atoms with E-state index in [0.717, 1.165) is 28.1 Å². The lowest BCUT2D eigenvalue weighted by Gasteiger charge is -2.06. The van der Waals surface area contributed by atoms with E-state index in [4.69, 9.17) is 18.0 Å². The summed E-state index contributed by atoms with van der Waals surface area (Å²) < 4.78 is 0. The number of benzene rings is 1. The molecule has 0 spiro atoms. The molecule has 0 aliphatic carbocycles. The highest BCUT2D eigenvalue weighted by molar-refractivity contribution is 7.80. The molecule has 4 nitrogen and oxygen atoms in total. The molecule has 3 N–H and O–H groups in total. The molecule has 0 fully saturated rings. The predicted octanol–water partition coefficient (Wildman–Crippen LogP) is 1.90. The Morgan fingerprint density at radius 1 is 1.19 bits per heavy atom. The summed E-state index contributed by atoms with van der Waals surface area (Å²) in [4.78, 5) is 8.90. The van der Waals surface area contributed by atoms with Gasteiger partial charge in [-0.1, -0.05) is 0 Å². The average Bonchev–Trinajstić information content (AvgIpc) is 2.19. The second kappa shape index (κ2) is 4.02. The van der Waals surface area contributed by atoms with Crippen LogP contribution in [-0.2, 0) is 0 Å². The average molecular weight is 232 g/mol. The molecule has 5 heteroatoms. The van der Waals surface area contributed by atoms with Gasteiger partial charge in [0.2, 0.25) is 0 Å². The third-order valence-electron chi connectivity index (χ3n) is 2.34. The van der Waals surface area contributed by atoms with Gasteiger partial charge in [0.15, 0.2) is 5.11 Å². The molecule has 0 aliphatic heterocycles. The second-order valence-electron chi connectivity index (χ2n) is 3.59. The minimum Gasteiger partial charge on any atom is -0.376 e. The Labute approximate surface area is 98.9 Å². The van der Waals surface area contributed by atoms with Crippen molar-refractivity contribution < 1.29 is 0 Å². The van der Waals surface area contributed by atoms with Crippen LogP contribution in [0.3, 0.4) is 0 Å². The molecular formula is C11H12N4S. The largest absolute Gasteiger partial charge is 0.376 e. The number of nitrogens with zero attached hydrogens (tertiary/aromatic N) is 2. The van der Waals surface area contributed by atoms with Crippen molar-refractivity contribution in [2.45, 2.75) is 13.8 Å². The van der Waals surface area contributed by atoms with E-state index in [9.17, 15) is 0 Å². The summed E-state index contributed by atoms with van der Waals surface area (Å²) in [6, 6.07) is 5.66. The molecule has 0 radical (unpaired) electrons. The van der Waals surface area contributed by atoms with E-state index >= 15 is 0 Å². The molecular weight excluding hydrogens is 220 g/mol. The first-order chi connectivity index (χ1) is 7.56. The second-order valence-corrected chi connectivity index (χ2v) is 4.03. The normalized spacial score (nSPS) is 10.4. The first kappa shape index (κ1) is 10.8. The Kier molecular flexibility index (Phi) is 2.70. The molecule has 1 aromatic heterocycles. The standard InChI is InChI=1S/C11H12N4S/c1-6-7(2)14-10-5-8(15-11(12)16)3-4-9(10)13-6/h3-5H,1-2H3,(H3,12,15,16). The summed E-state index contributed by atoms with van der Waals surface area (Å²) in [6.45, 7) is 3.89. The number of hydrogen-bond acceptors (Lipinski definition) is 3. The van der Waals surface area contributed by atoms with E-state index in [1.807, 2.05) is 32.0 Å². The van der Waals surface area contributed by atoms with Gasteiger partial charge in [0.1, 0.15) is 0 Å². The van der Waals surface area contributed by atoms with Crippen LogP contribution in [0.15, 0.2) is 18.2 Å². The number of nitrogens with one attached hydrogen (secondary N) is 1. The van der Waals surface area contributed by atoms with Gasteiger partial charge in [-0.3, -0.25) is 0 Å². The van der Waals surface area contributed by atoms with Crippen LogP contribution in [0, 0.1) is 13.8 Å².